The number of ketones is 1. The zero-order valence-electron chi connectivity index (χ0n) is 15.9. The van der Waals surface area contributed by atoms with Gasteiger partial charge in [0.2, 0.25) is 15.8 Å². The van der Waals surface area contributed by atoms with E-state index in [0.717, 1.165) is 12.8 Å². The number of aromatic nitrogens is 2. The second-order valence-corrected chi connectivity index (χ2v) is 9.33. The predicted molar refractivity (Wildman–Crippen MR) is 108 cm³/mol. The molecule has 1 saturated carbocycles. The quantitative estimate of drug-likeness (QED) is 0.505. The fourth-order valence-electron chi connectivity index (χ4n) is 3.62. The highest BCUT2D eigenvalue weighted by Gasteiger charge is 2.36. The number of hydrogen-bond donors (Lipinski definition) is 0. The number of rotatable bonds is 4. The largest absolute Gasteiger partial charge is 0.289 e. The Morgan fingerprint density at radius 1 is 0.967 bits per heavy atom. The van der Waals surface area contributed by atoms with Crippen LogP contribution >= 0.6 is 0 Å². The van der Waals surface area contributed by atoms with Crippen molar-refractivity contribution in [1.29, 1.82) is 0 Å². The smallest absolute Gasteiger partial charge is 0.260 e. The van der Waals surface area contributed by atoms with Crippen LogP contribution in [0.4, 0.5) is 5.95 Å². The van der Waals surface area contributed by atoms with Gasteiger partial charge in [-0.05, 0) is 55.2 Å². The van der Waals surface area contributed by atoms with Crippen molar-refractivity contribution < 1.29 is 18.0 Å². The van der Waals surface area contributed by atoms with E-state index in [1.54, 1.807) is 30.6 Å². The summed E-state index contributed by atoms with van der Waals surface area (Å²) >= 11 is 0. The molecule has 0 N–H and O–H groups in total. The molecule has 150 valence electrons. The Bertz CT molecular complexity index is 1280. The number of carbonyl (C=O) groups excluding carboxylic acids is 2. The Balaban J connectivity index is 1.59. The van der Waals surface area contributed by atoms with Gasteiger partial charge in [0.05, 0.1) is 9.79 Å². The number of nitrogens with zero attached hydrogens (tertiary/aromatic N) is 3. The minimum absolute atomic E-state index is 0.0340. The maximum absolute atomic E-state index is 13.3. The lowest BCUT2D eigenvalue weighted by Gasteiger charge is -2.22. The number of benzene rings is 2. The van der Waals surface area contributed by atoms with Crippen LogP contribution in [-0.2, 0) is 9.84 Å². The fourth-order valence-corrected chi connectivity index (χ4v) is 5.30. The molecule has 0 saturated heterocycles. The maximum atomic E-state index is 13.3. The summed E-state index contributed by atoms with van der Waals surface area (Å²) in [4.78, 5) is 35.8. The second-order valence-electron chi connectivity index (χ2n) is 7.45. The van der Waals surface area contributed by atoms with E-state index in [1.165, 1.54) is 35.2 Å². The van der Waals surface area contributed by atoms with E-state index in [1.807, 2.05) is 0 Å². The molecule has 0 atom stereocenters. The van der Waals surface area contributed by atoms with Gasteiger partial charge >= 0.3 is 0 Å². The van der Waals surface area contributed by atoms with Crippen molar-refractivity contribution in [3.63, 3.8) is 0 Å². The first kappa shape index (κ1) is 18.6. The van der Waals surface area contributed by atoms with Gasteiger partial charge in [-0.25, -0.2) is 18.4 Å². The highest BCUT2D eigenvalue weighted by molar-refractivity contribution is 7.91. The van der Waals surface area contributed by atoms with E-state index < -0.39 is 15.7 Å². The molecule has 0 radical (unpaired) electrons. The summed E-state index contributed by atoms with van der Waals surface area (Å²) in [7, 11) is -3.91. The SMILES string of the molecule is O=C1c2ccccc2S(=O)(=O)c2cc(C(=O)N(CC3CC3)c3ncccn3)ccc21. The summed E-state index contributed by atoms with van der Waals surface area (Å²) in [5.41, 5.74) is 0.407. The highest BCUT2D eigenvalue weighted by Crippen LogP contribution is 2.36. The average molecular weight is 419 g/mol. The summed E-state index contributed by atoms with van der Waals surface area (Å²) in [5, 5.41) is 0. The Hall–Kier alpha value is -3.39. The molecule has 2 heterocycles. The summed E-state index contributed by atoms with van der Waals surface area (Å²) in [6.45, 7) is 0.467. The number of sulfone groups is 1. The van der Waals surface area contributed by atoms with E-state index in [4.69, 9.17) is 0 Å². The standard InChI is InChI=1S/C22H17N3O4S/c26-20-16-4-1-2-5-18(16)30(28,29)19-12-15(8-9-17(19)20)21(27)25(13-14-6-7-14)22-23-10-3-11-24-22/h1-5,8-12,14H,6-7,13H2. The molecule has 0 bridgehead atoms. The van der Waals surface area contributed by atoms with E-state index in [9.17, 15) is 18.0 Å². The van der Waals surface area contributed by atoms with Gasteiger partial charge in [0.25, 0.3) is 5.91 Å². The molecule has 0 spiro atoms. The molecule has 2 aliphatic rings. The minimum atomic E-state index is -3.91. The summed E-state index contributed by atoms with van der Waals surface area (Å²) in [6, 6.07) is 12.0. The van der Waals surface area contributed by atoms with Crippen LogP contribution in [0, 0.1) is 5.92 Å². The molecule has 1 aliphatic carbocycles. The number of anilines is 1. The van der Waals surface area contributed by atoms with E-state index in [-0.39, 0.29) is 38.2 Å². The van der Waals surface area contributed by atoms with Crippen molar-refractivity contribution in [3.8, 4) is 0 Å². The summed E-state index contributed by atoms with van der Waals surface area (Å²) < 4.78 is 26.3. The molecule has 2 aromatic carbocycles. The molecule has 1 fully saturated rings. The normalized spacial score (nSPS) is 16.5. The van der Waals surface area contributed by atoms with Crippen LogP contribution in [0.2, 0.25) is 0 Å². The molecule has 7 nitrogen and oxygen atoms in total. The third-order valence-corrected chi connectivity index (χ3v) is 7.21. The van der Waals surface area contributed by atoms with Crippen LogP contribution in [0.25, 0.3) is 0 Å². The van der Waals surface area contributed by atoms with Crippen LogP contribution in [0.5, 0.6) is 0 Å². The van der Waals surface area contributed by atoms with Crippen molar-refractivity contribution >= 4 is 27.5 Å². The van der Waals surface area contributed by atoms with Gasteiger partial charge < -0.3 is 0 Å². The lowest BCUT2D eigenvalue weighted by atomic mass is 10.0. The van der Waals surface area contributed by atoms with Gasteiger partial charge in [-0.15, -0.1) is 0 Å². The van der Waals surface area contributed by atoms with Gasteiger partial charge in [-0.2, -0.15) is 0 Å². The maximum Gasteiger partial charge on any atom is 0.260 e. The van der Waals surface area contributed by atoms with Gasteiger partial charge in [-0.1, -0.05) is 12.1 Å². The third-order valence-electron chi connectivity index (χ3n) is 5.36. The highest BCUT2D eigenvalue weighted by atomic mass is 32.2. The second kappa shape index (κ2) is 6.84. The zero-order chi connectivity index (χ0) is 20.9. The molecule has 30 heavy (non-hydrogen) atoms. The van der Waals surface area contributed by atoms with Gasteiger partial charge in [0.1, 0.15) is 0 Å². The first-order chi connectivity index (χ1) is 14.5. The van der Waals surface area contributed by atoms with E-state index in [2.05, 4.69) is 9.97 Å². The van der Waals surface area contributed by atoms with Crippen LogP contribution in [-0.4, -0.2) is 36.6 Å². The molecule has 1 aliphatic heterocycles. The Labute approximate surface area is 173 Å². The molecule has 3 aromatic rings. The monoisotopic (exact) mass is 419 g/mol. The van der Waals surface area contributed by atoms with Gasteiger partial charge in [0, 0.05) is 35.6 Å². The minimum Gasteiger partial charge on any atom is -0.289 e. The number of hydrogen-bond acceptors (Lipinski definition) is 6. The van der Waals surface area contributed by atoms with Crippen LogP contribution < -0.4 is 4.90 Å². The van der Waals surface area contributed by atoms with E-state index in [0.29, 0.717) is 12.5 Å². The zero-order valence-corrected chi connectivity index (χ0v) is 16.7. The van der Waals surface area contributed by atoms with Crippen molar-refractivity contribution in [2.75, 3.05) is 11.4 Å². The molecule has 1 amide bonds. The first-order valence-corrected chi connectivity index (χ1v) is 11.1. The van der Waals surface area contributed by atoms with Gasteiger partial charge in [0.15, 0.2) is 5.78 Å². The Kier molecular flexibility index (Phi) is 4.25. The number of amides is 1. The van der Waals surface area contributed by atoms with Crippen molar-refractivity contribution in [2.24, 2.45) is 5.92 Å². The average Bonchev–Trinajstić information content (AvgIpc) is 3.60. The molecular weight excluding hydrogens is 402 g/mol. The molecule has 8 heteroatoms. The lowest BCUT2D eigenvalue weighted by Crippen LogP contribution is -2.34. The first-order valence-electron chi connectivity index (χ1n) is 9.58. The summed E-state index contributed by atoms with van der Waals surface area (Å²) in [6.07, 6.45) is 5.17. The molecular formula is C22H17N3O4S. The molecule has 0 unspecified atom stereocenters. The number of carbonyl (C=O) groups is 2. The molecule has 1 aromatic heterocycles. The van der Waals surface area contributed by atoms with E-state index >= 15 is 0 Å². The Morgan fingerprint density at radius 2 is 1.67 bits per heavy atom. The van der Waals surface area contributed by atoms with Gasteiger partial charge in [-0.3, -0.25) is 14.5 Å². The van der Waals surface area contributed by atoms with Crippen molar-refractivity contribution in [1.82, 2.24) is 9.97 Å². The number of fused-ring (bicyclic) bond motifs is 2. The fraction of sp³-hybridized carbons (Fsp3) is 0.182. The van der Waals surface area contributed by atoms with Crippen molar-refractivity contribution in [3.05, 3.63) is 77.6 Å². The van der Waals surface area contributed by atoms with Crippen LogP contribution in [0.1, 0.15) is 39.1 Å². The van der Waals surface area contributed by atoms with Crippen molar-refractivity contribution in [2.45, 2.75) is 22.6 Å². The predicted octanol–water partition coefficient (Wildman–Crippen LogP) is 2.91. The topological polar surface area (TPSA) is 97.3 Å². The molecule has 5 rings (SSSR count). The Morgan fingerprint density at radius 3 is 2.40 bits per heavy atom. The summed E-state index contributed by atoms with van der Waals surface area (Å²) in [5.74, 6) is -0.1000. The van der Waals surface area contributed by atoms with Crippen LogP contribution in [0.15, 0.2) is 70.7 Å². The lowest BCUT2D eigenvalue weighted by molar-refractivity contribution is 0.0980. The third kappa shape index (κ3) is 3.00. The van der Waals surface area contributed by atoms with Crippen LogP contribution in [0.3, 0.4) is 0 Å².